The molecule has 5 heteroatoms. The minimum Gasteiger partial charge on any atom is -0.457 e. The van der Waals surface area contributed by atoms with Gasteiger partial charge in [0.25, 0.3) is 5.91 Å². The fourth-order valence-electron chi connectivity index (χ4n) is 1.85. The predicted octanol–water partition coefficient (Wildman–Crippen LogP) is 2.34. The van der Waals surface area contributed by atoms with Crippen LogP contribution in [0.1, 0.15) is 17.3 Å². The van der Waals surface area contributed by atoms with Crippen LogP contribution in [0.15, 0.2) is 54.6 Å². The van der Waals surface area contributed by atoms with Crippen LogP contribution >= 0.6 is 0 Å². The zero-order chi connectivity index (χ0) is 15.8. The summed E-state index contributed by atoms with van der Waals surface area (Å²) < 4.78 is 5.67. The molecule has 0 fully saturated rings. The van der Waals surface area contributed by atoms with E-state index in [0.29, 0.717) is 23.6 Å². The van der Waals surface area contributed by atoms with Gasteiger partial charge in [0.05, 0.1) is 6.54 Å². The van der Waals surface area contributed by atoms with Gasteiger partial charge in [0.15, 0.2) is 0 Å². The second-order valence-corrected chi connectivity index (χ2v) is 4.58. The van der Waals surface area contributed by atoms with Gasteiger partial charge >= 0.3 is 0 Å². The largest absolute Gasteiger partial charge is 0.457 e. The summed E-state index contributed by atoms with van der Waals surface area (Å²) in [4.78, 5) is 23.3. The number of likely N-dealkylation sites (N-methyl/N-ethyl adjacent to an activating group) is 1. The summed E-state index contributed by atoms with van der Waals surface area (Å²) in [5.41, 5.74) is 0.442. The Kier molecular flexibility index (Phi) is 5.54. The third kappa shape index (κ3) is 4.63. The van der Waals surface area contributed by atoms with Gasteiger partial charge in [0, 0.05) is 12.1 Å². The summed E-state index contributed by atoms with van der Waals surface area (Å²) in [6.45, 7) is 2.32. The molecule has 0 aliphatic carbocycles. The Bertz CT molecular complexity index is 641. The number of para-hydroxylation sites is 1. The number of hydrogen-bond donors (Lipinski definition) is 2. The lowest BCUT2D eigenvalue weighted by atomic mass is 10.2. The molecule has 0 saturated heterocycles. The Labute approximate surface area is 129 Å². The number of carbonyl (C=O) groups is 2. The molecule has 2 rings (SSSR count). The first-order chi connectivity index (χ1) is 10.7. The number of carbonyl (C=O) groups excluding carboxylic acids is 2. The molecule has 0 spiro atoms. The second kappa shape index (κ2) is 7.83. The molecule has 2 amide bonds. The fraction of sp³-hybridized carbons (Fsp3) is 0.176. The summed E-state index contributed by atoms with van der Waals surface area (Å²) in [6, 6.07) is 16.1. The molecule has 0 bridgehead atoms. The smallest absolute Gasteiger partial charge is 0.251 e. The zero-order valence-corrected chi connectivity index (χ0v) is 12.3. The Hall–Kier alpha value is -2.82. The molecule has 22 heavy (non-hydrogen) atoms. The highest BCUT2D eigenvalue weighted by molar-refractivity contribution is 5.96. The number of amides is 2. The molecule has 0 aliphatic rings. The van der Waals surface area contributed by atoms with Crippen molar-refractivity contribution in [3.8, 4) is 11.5 Å². The van der Waals surface area contributed by atoms with Gasteiger partial charge in [-0.2, -0.15) is 0 Å². The van der Waals surface area contributed by atoms with Crippen LogP contribution in [0, 0.1) is 0 Å². The molecular weight excluding hydrogens is 280 g/mol. The third-order valence-corrected chi connectivity index (χ3v) is 2.86. The van der Waals surface area contributed by atoms with Crippen molar-refractivity contribution in [1.82, 2.24) is 10.6 Å². The average Bonchev–Trinajstić information content (AvgIpc) is 2.54. The maximum absolute atomic E-state index is 12.0. The van der Waals surface area contributed by atoms with E-state index in [4.69, 9.17) is 4.74 Å². The van der Waals surface area contributed by atoms with Gasteiger partial charge in [-0.1, -0.05) is 24.3 Å². The number of hydrogen-bond acceptors (Lipinski definition) is 3. The standard InChI is InChI=1S/C17H18N2O3/c1-2-18-16(20)12-19-17(21)13-7-6-10-15(11-13)22-14-8-4-3-5-9-14/h3-11H,2,12H2,1H3,(H,18,20)(H,19,21). The Morgan fingerprint density at radius 2 is 1.68 bits per heavy atom. The van der Waals surface area contributed by atoms with Crippen molar-refractivity contribution in [2.45, 2.75) is 6.92 Å². The molecule has 0 aromatic heterocycles. The molecule has 0 atom stereocenters. The number of rotatable bonds is 6. The van der Waals surface area contributed by atoms with E-state index in [1.54, 1.807) is 24.3 Å². The molecule has 2 N–H and O–H groups in total. The first-order valence-corrected chi connectivity index (χ1v) is 7.07. The van der Waals surface area contributed by atoms with Gasteiger partial charge < -0.3 is 15.4 Å². The molecule has 0 unspecified atom stereocenters. The Balaban J connectivity index is 1.98. The van der Waals surface area contributed by atoms with E-state index in [1.165, 1.54) is 0 Å². The maximum atomic E-state index is 12.0. The van der Waals surface area contributed by atoms with Gasteiger partial charge in [-0.3, -0.25) is 9.59 Å². The first-order valence-electron chi connectivity index (χ1n) is 7.07. The van der Waals surface area contributed by atoms with E-state index in [1.807, 2.05) is 37.3 Å². The number of ether oxygens (including phenoxy) is 1. The molecule has 114 valence electrons. The van der Waals surface area contributed by atoms with Crippen molar-refractivity contribution in [3.63, 3.8) is 0 Å². The lowest BCUT2D eigenvalue weighted by Gasteiger charge is -2.08. The molecule has 5 nitrogen and oxygen atoms in total. The van der Waals surface area contributed by atoms with Crippen LogP contribution < -0.4 is 15.4 Å². The van der Waals surface area contributed by atoms with Gasteiger partial charge in [0.1, 0.15) is 11.5 Å². The van der Waals surface area contributed by atoms with Crippen LogP contribution in [0.3, 0.4) is 0 Å². The summed E-state index contributed by atoms with van der Waals surface area (Å²) in [5, 5.41) is 5.19. The quantitative estimate of drug-likeness (QED) is 0.860. The molecule has 2 aromatic rings. The van der Waals surface area contributed by atoms with Crippen LogP contribution in [0.2, 0.25) is 0 Å². The summed E-state index contributed by atoms with van der Waals surface area (Å²) in [7, 11) is 0. The monoisotopic (exact) mass is 298 g/mol. The van der Waals surface area contributed by atoms with E-state index in [9.17, 15) is 9.59 Å². The van der Waals surface area contributed by atoms with Crippen LogP contribution in [-0.2, 0) is 4.79 Å². The van der Waals surface area contributed by atoms with Gasteiger partial charge in [-0.05, 0) is 37.3 Å². The van der Waals surface area contributed by atoms with Crippen molar-refractivity contribution in [3.05, 3.63) is 60.2 Å². The maximum Gasteiger partial charge on any atom is 0.251 e. The second-order valence-electron chi connectivity index (χ2n) is 4.58. The van der Waals surface area contributed by atoms with Crippen molar-refractivity contribution in [2.75, 3.05) is 13.1 Å². The number of nitrogens with one attached hydrogen (secondary N) is 2. The minimum atomic E-state index is -0.315. The summed E-state index contributed by atoms with van der Waals surface area (Å²) >= 11 is 0. The van der Waals surface area contributed by atoms with E-state index in [0.717, 1.165) is 0 Å². The van der Waals surface area contributed by atoms with Gasteiger partial charge in [-0.25, -0.2) is 0 Å². The van der Waals surface area contributed by atoms with E-state index >= 15 is 0 Å². The predicted molar refractivity (Wildman–Crippen MR) is 84.0 cm³/mol. The first kappa shape index (κ1) is 15.6. The van der Waals surface area contributed by atoms with Crippen LogP contribution in [0.25, 0.3) is 0 Å². The van der Waals surface area contributed by atoms with Crippen LogP contribution in [0.5, 0.6) is 11.5 Å². The average molecular weight is 298 g/mol. The normalized spacial score (nSPS) is 9.86. The molecule has 0 radical (unpaired) electrons. The lowest BCUT2D eigenvalue weighted by Crippen LogP contribution is -2.36. The Morgan fingerprint density at radius 1 is 0.955 bits per heavy atom. The highest BCUT2D eigenvalue weighted by Gasteiger charge is 2.08. The molecule has 0 aliphatic heterocycles. The van der Waals surface area contributed by atoms with E-state index in [2.05, 4.69) is 10.6 Å². The van der Waals surface area contributed by atoms with Crippen molar-refractivity contribution in [1.29, 1.82) is 0 Å². The summed E-state index contributed by atoms with van der Waals surface area (Å²) in [5.74, 6) is 0.733. The Morgan fingerprint density at radius 3 is 2.41 bits per heavy atom. The number of benzene rings is 2. The topological polar surface area (TPSA) is 67.4 Å². The highest BCUT2D eigenvalue weighted by Crippen LogP contribution is 2.21. The SMILES string of the molecule is CCNC(=O)CNC(=O)c1cccc(Oc2ccccc2)c1. The van der Waals surface area contributed by atoms with Gasteiger partial charge in [-0.15, -0.1) is 0 Å². The van der Waals surface area contributed by atoms with E-state index in [-0.39, 0.29) is 18.4 Å². The third-order valence-electron chi connectivity index (χ3n) is 2.86. The lowest BCUT2D eigenvalue weighted by molar-refractivity contribution is -0.120. The van der Waals surface area contributed by atoms with Crippen LogP contribution in [0.4, 0.5) is 0 Å². The van der Waals surface area contributed by atoms with Crippen molar-refractivity contribution >= 4 is 11.8 Å². The highest BCUT2D eigenvalue weighted by atomic mass is 16.5. The molecule has 0 saturated carbocycles. The minimum absolute atomic E-state index is 0.0452. The zero-order valence-electron chi connectivity index (χ0n) is 12.3. The van der Waals surface area contributed by atoms with Crippen LogP contribution in [-0.4, -0.2) is 24.9 Å². The van der Waals surface area contributed by atoms with Gasteiger partial charge in [0.2, 0.25) is 5.91 Å². The molecular formula is C17H18N2O3. The van der Waals surface area contributed by atoms with Crippen molar-refractivity contribution < 1.29 is 14.3 Å². The fourth-order valence-corrected chi connectivity index (χ4v) is 1.85. The van der Waals surface area contributed by atoms with Crippen molar-refractivity contribution in [2.24, 2.45) is 0 Å². The summed E-state index contributed by atoms with van der Waals surface area (Å²) in [6.07, 6.45) is 0. The molecule has 0 heterocycles. The van der Waals surface area contributed by atoms with E-state index < -0.39 is 0 Å². The molecule has 2 aromatic carbocycles.